The van der Waals surface area contributed by atoms with E-state index in [1.807, 2.05) is 0 Å². The minimum Gasteiger partial charge on any atom is -0.383 e. The maximum absolute atomic E-state index is 14.4. The van der Waals surface area contributed by atoms with Gasteiger partial charge < -0.3 is 11.1 Å². The standard InChI is InChI=1S/C15H19ClFN5O2S2/c16-11-5-14(26(23,24)22-15-20-8-21-25-15)12(17)6-13(11)19-7-9-1-3-10(18)4-2-9/h5-6,8-10,19H,1-4,7,18H2,(H,20,21,22). The van der Waals surface area contributed by atoms with E-state index in [-0.39, 0.29) is 16.2 Å². The largest absolute Gasteiger partial charge is 0.383 e. The van der Waals surface area contributed by atoms with Crippen molar-refractivity contribution >= 4 is 44.0 Å². The lowest BCUT2D eigenvalue weighted by atomic mass is 9.86. The molecule has 1 saturated carbocycles. The molecule has 0 saturated heterocycles. The molecule has 0 spiro atoms. The zero-order valence-electron chi connectivity index (χ0n) is 13.8. The number of halogens is 2. The normalized spacial score (nSPS) is 20.7. The molecule has 0 atom stereocenters. The Kier molecular flexibility index (Phi) is 5.96. The molecule has 1 fully saturated rings. The van der Waals surface area contributed by atoms with E-state index in [4.69, 9.17) is 17.3 Å². The van der Waals surface area contributed by atoms with Gasteiger partial charge in [-0.1, -0.05) is 11.6 Å². The van der Waals surface area contributed by atoms with Crippen LogP contribution >= 0.6 is 23.1 Å². The van der Waals surface area contributed by atoms with Gasteiger partial charge in [-0.05, 0) is 43.7 Å². The number of benzene rings is 1. The van der Waals surface area contributed by atoms with Gasteiger partial charge in [0.2, 0.25) is 5.13 Å². The number of aromatic nitrogens is 2. The van der Waals surface area contributed by atoms with Gasteiger partial charge in [-0.2, -0.15) is 4.37 Å². The molecule has 1 heterocycles. The molecule has 1 aliphatic rings. The fourth-order valence-corrected chi connectivity index (χ4v) is 4.95. The van der Waals surface area contributed by atoms with Crippen molar-refractivity contribution in [1.82, 2.24) is 9.36 Å². The molecule has 26 heavy (non-hydrogen) atoms. The molecule has 2 aromatic rings. The fraction of sp³-hybridized carbons (Fsp3) is 0.467. The van der Waals surface area contributed by atoms with Crippen molar-refractivity contribution in [3.8, 4) is 0 Å². The lowest BCUT2D eigenvalue weighted by Crippen LogP contribution is -2.29. The number of hydrogen-bond acceptors (Lipinski definition) is 7. The molecule has 1 aromatic carbocycles. The Bertz CT molecular complexity index is 855. The summed E-state index contributed by atoms with van der Waals surface area (Å²) in [6.45, 7) is 0.640. The van der Waals surface area contributed by atoms with E-state index in [1.54, 1.807) is 0 Å². The minimum atomic E-state index is -4.14. The first kappa shape index (κ1) is 19.3. The van der Waals surface area contributed by atoms with Crippen molar-refractivity contribution in [2.24, 2.45) is 11.7 Å². The Balaban J connectivity index is 1.71. The molecular weight excluding hydrogens is 401 g/mol. The summed E-state index contributed by atoms with van der Waals surface area (Å²) < 4.78 is 44.9. The van der Waals surface area contributed by atoms with Crippen LogP contribution in [0, 0.1) is 11.7 Å². The molecule has 0 unspecified atom stereocenters. The minimum absolute atomic E-state index is 0.0539. The zero-order chi connectivity index (χ0) is 18.7. The number of nitrogens with zero attached hydrogens (tertiary/aromatic N) is 2. The summed E-state index contributed by atoms with van der Waals surface area (Å²) in [5.41, 5.74) is 6.26. The van der Waals surface area contributed by atoms with Crippen LogP contribution < -0.4 is 15.8 Å². The number of sulfonamides is 1. The van der Waals surface area contributed by atoms with Gasteiger partial charge in [0.15, 0.2) is 0 Å². The number of nitrogens with one attached hydrogen (secondary N) is 2. The van der Waals surface area contributed by atoms with Crippen LogP contribution in [-0.2, 0) is 10.0 Å². The topological polar surface area (TPSA) is 110 Å². The zero-order valence-corrected chi connectivity index (χ0v) is 16.2. The smallest absolute Gasteiger partial charge is 0.266 e. The first-order chi connectivity index (χ1) is 12.3. The number of rotatable bonds is 6. The molecule has 0 amide bonds. The second kappa shape index (κ2) is 8.03. The maximum atomic E-state index is 14.4. The predicted molar refractivity (Wildman–Crippen MR) is 101 cm³/mol. The molecule has 3 rings (SSSR count). The third-order valence-electron chi connectivity index (χ3n) is 4.37. The fourth-order valence-electron chi connectivity index (χ4n) is 2.90. The van der Waals surface area contributed by atoms with Crippen LogP contribution in [0.2, 0.25) is 5.02 Å². The van der Waals surface area contributed by atoms with Crippen molar-refractivity contribution in [2.75, 3.05) is 16.6 Å². The molecule has 0 aliphatic heterocycles. The van der Waals surface area contributed by atoms with Crippen molar-refractivity contribution in [3.05, 3.63) is 29.3 Å². The summed E-state index contributed by atoms with van der Waals surface area (Å²) >= 11 is 7.02. The van der Waals surface area contributed by atoms with Gasteiger partial charge >= 0.3 is 0 Å². The van der Waals surface area contributed by atoms with Gasteiger partial charge in [0.1, 0.15) is 17.0 Å². The molecule has 1 aromatic heterocycles. The van der Waals surface area contributed by atoms with Gasteiger partial charge in [0.05, 0.1) is 10.7 Å². The van der Waals surface area contributed by atoms with Gasteiger partial charge in [-0.3, -0.25) is 4.72 Å². The summed E-state index contributed by atoms with van der Waals surface area (Å²) in [5, 5.41) is 3.30. The van der Waals surface area contributed by atoms with Gasteiger partial charge in [-0.25, -0.2) is 17.8 Å². The highest BCUT2D eigenvalue weighted by Crippen LogP contribution is 2.30. The highest BCUT2D eigenvalue weighted by molar-refractivity contribution is 7.93. The molecule has 4 N–H and O–H groups in total. The quantitative estimate of drug-likeness (QED) is 0.663. The van der Waals surface area contributed by atoms with E-state index in [9.17, 15) is 12.8 Å². The van der Waals surface area contributed by atoms with E-state index in [0.29, 0.717) is 18.2 Å². The molecule has 1 aliphatic carbocycles. The molecule has 7 nitrogen and oxygen atoms in total. The lowest BCUT2D eigenvalue weighted by molar-refractivity contribution is 0.339. The van der Waals surface area contributed by atoms with E-state index in [0.717, 1.165) is 49.3 Å². The number of nitrogens with two attached hydrogens (primary N) is 1. The van der Waals surface area contributed by atoms with Crippen LogP contribution in [0.5, 0.6) is 0 Å². The predicted octanol–water partition coefficient (Wildman–Crippen LogP) is 3.06. The number of anilines is 2. The monoisotopic (exact) mass is 419 g/mol. The lowest BCUT2D eigenvalue weighted by Gasteiger charge is -2.26. The number of hydrogen-bond donors (Lipinski definition) is 3. The summed E-state index contributed by atoms with van der Waals surface area (Å²) in [6.07, 6.45) is 5.17. The Labute approximate surface area is 160 Å². The van der Waals surface area contributed by atoms with E-state index in [2.05, 4.69) is 19.4 Å². The highest BCUT2D eigenvalue weighted by atomic mass is 35.5. The summed E-state index contributed by atoms with van der Waals surface area (Å²) in [6, 6.07) is 2.46. The Hall–Kier alpha value is -1.49. The maximum Gasteiger partial charge on any atom is 0.266 e. The van der Waals surface area contributed by atoms with Gasteiger partial charge in [-0.15, -0.1) is 0 Å². The second-order valence-corrected chi connectivity index (χ2v) is 9.11. The van der Waals surface area contributed by atoms with Crippen LogP contribution in [0.25, 0.3) is 0 Å². The van der Waals surface area contributed by atoms with E-state index in [1.165, 1.54) is 6.33 Å². The van der Waals surface area contributed by atoms with Crippen molar-refractivity contribution in [3.63, 3.8) is 0 Å². The van der Waals surface area contributed by atoms with Gasteiger partial charge in [0, 0.05) is 24.1 Å². The third-order valence-corrected chi connectivity index (χ3v) is 6.74. The van der Waals surface area contributed by atoms with Crippen molar-refractivity contribution < 1.29 is 12.8 Å². The molecular formula is C15H19ClFN5O2S2. The average molecular weight is 420 g/mol. The summed E-state index contributed by atoms with van der Waals surface area (Å²) in [7, 11) is -4.14. The first-order valence-corrected chi connectivity index (χ1v) is 10.8. The van der Waals surface area contributed by atoms with Crippen LogP contribution in [0.4, 0.5) is 15.2 Å². The first-order valence-electron chi connectivity index (χ1n) is 8.13. The van der Waals surface area contributed by atoms with Crippen LogP contribution in [0.1, 0.15) is 25.7 Å². The van der Waals surface area contributed by atoms with Crippen molar-refractivity contribution in [1.29, 1.82) is 0 Å². The molecule has 0 radical (unpaired) electrons. The Morgan fingerprint density at radius 2 is 2.04 bits per heavy atom. The molecule has 11 heteroatoms. The van der Waals surface area contributed by atoms with Crippen LogP contribution in [0.3, 0.4) is 0 Å². The van der Waals surface area contributed by atoms with E-state index >= 15 is 0 Å². The second-order valence-electron chi connectivity index (χ2n) is 6.28. The summed E-state index contributed by atoms with van der Waals surface area (Å²) in [4.78, 5) is 3.19. The SMILES string of the molecule is NC1CCC(CNc2cc(F)c(S(=O)(=O)Nc3ncns3)cc2Cl)CC1. The van der Waals surface area contributed by atoms with Gasteiger partial charge in [0.25, 0.3) is 10.0 Å². The Morgan fingerprint density at radius 1 is 1.31 bits per heavy atom. The Morgan fingerprint density at radius 3 is 2.69 bits per heavy atom. The van der Waals surface area contributed by atoms with E-state index < -0.39 is 20.7 Å². The van der Waals surface area contributed by atoms with Crippen LogP contribution in [-0.4, -0.2) is 30.4 Å². The third kappa shape index (κ3) is 4.61. The molecule has 0 bridgehead atoms. The molecule has 142 valence electrons. The van der Waals surface area contributed by atoms with Crippen LogP contribution in [0.15, 0.2) is 23.4 Å². The highest BCUT2D eigenvalue weighted by Gasteiger charge is 2.23. The van der Waals surface area contributed by atoms with Crippen molar-refractivity contribution in [2.45, 2.75) is 36.6 Å². The summed E-state index contributed by atoms with van der Waals surface area (Å²) in [5.74, 6) is -0.448. The average Bonchev–Trinajstić information content (AvgIpc) is 3.09.